The van der Waals surface area contributed by atoms with Crippen LogP contribution in [0.25, 0.3) is 10.9 Å². The molecule has 0 spiro atoms. The van der Waals surface area contributed by atoms with Gasteiger partial charge in [-0.1, -0.05) is 19.9 Å². The standard InChI is InChI=1S/C14H17NO2S/c1-9(2)18-8-12-6-10-4-5-11(14(16)17)7-13(10)15(12)3/h4-7,9H,8H2,1-3H3,(H,16,17). The van der Waals surface area contributed by atoms with Crippen LogP contribution in [0.3, 0.4) is 0 Å². The summed E-state index contributed by atoms with van der Waals surface area (Å²) in [5.41, 5.74) is 2.55. The SMILES string of the molecule is CC(C)SCc1cc2ccc(C(=O)O)cc2n1C. The Morgan fingerprint density at radius 1 is 1.39 bits per heavy atom. The number of nitrogens with zero attached hydrogens (tertiary/aromatic N) is 1. The van der Waals surface area contributed by atoms with Crippen molar-refractivity contribution in [3.05, 3.63) is 35.5 Å². The van der Waals surface area contributed by atoms with Crippen LogP contribution in [0, 0.1) is 0 Å². The largest absolute Gasteiger partial charge is 0.478 e. The van der Waals surface area contributed by atoms with Crippen molar-refractivity contribution in [1.29, 1.82) is 0 Å². The van der Waals surface area contributed by atoms with Crippen molar-refractivity contribution < 1.29 is 9.90 Å². The topological polar surface area (TPSA) is 42.2 Å². The lowest BCUT2D eigenvalue weighted by atomic mass is 10.1. The van der Waals surface area contributed by atoms with Crippen LogP contribution in [0.1, 0.15) is 29.9 Å². The Kier molecular flexibility index (Phi) is 3.66. The summed E-state index contributed by atoms with van der Waals surface area (Å²) in [6, 6.07) is 7.41. The van der Waals surface area contributed by atoms with Gasteiger partial charge in [0.15, 0.2) is 0 Å². The average molecular weight is 263 g/mol. The van der Waals surface area contributed by atoms with Gasteiger partial charge in [0.2, 0.25) is 0 Å². The van der Waals surface area contributed by atoms with E-state index < -0.39 is 5.97 Å². The molecule has 18 heavy (non-hydrogen) atoms. The number of thioether (sulfide) groups is 1. The van der Waals surface area contributed by atoms with Gasteiger partial charge in [-0.05, 0) is 28.8 Å². The molecule has 96 valence electrons. The van der Waals surface area contributed by atoms with Crippen LogP contribution in [-0.4, -0.2) is 20.9 Å². The van der Waals surface area contributed by atoms with E-state index in [1.54, 1.807) is 12.1 Å². The lowest BCUT2D eigenvalue weighted by Gasteiger charge is -2.06. The highest BCUT2D eigenvalue weighted by molar-refractivity contribution is 7.99. The smallest absolute Gasteiger partial charge is 0.335 e. The minimum Gasteiger partial charge on any atom is -0.478 e. The third-order valence-electron chi connectivity index (χ3n) is 2.96. The molecule has 1 N–H and O–H groups in total. The quantitative estimate of drug-likeness (QED) is 0.917. The van der Waals surface area contributed by atoms with Gasteiger partial charge in [0.05, 0.1) is 5.56 Å². The Hall–Kier alpha value is -1.42. The molecule has 1 aromatic carbocycles. The van der Waals surface area contributed by atoms with Crippen LogP contribution in [0.15, 0.2) is 24.3 Å². The monoisotopic (exact) mass is 263 g/mol. The minimum absolute atomic E-state index is 0.340. The van der Waals surface area contributed by atoms with E-state index in [2.05, 4.69) is 24.5 Å². The Morgan fingerprint density at radius 2 is 2.11 bits per heavy atom. The van der Waals surface area contributed by atoms with Crippen LogP contribution in [0.2, 0.25) is 0 Å². The molecule has 2 aromatic rings. The molecule has 0 saturated heterocycles. The first-order valence-corrected chi connectivity index (χ1v) is 6.97. The normalized spacial score (nSPS) is 11.3. The van der Waals surface area contributed by atoms with Crippen LogP contribution in [0.4, 0.5) is 0 Å². The van der Waals surface area contributed by atoms with Gasteiger partial charge in [0.25, 0.3) is 0 Å². The molecule has 0 amide bonds. The average Bonchev–Trinajstić information content (AvgIpc) is 2.63. The molecule has 3 nitrogen and oxygen atoms in total. The number of carboxylic acid groups (broad SMARTS) is 1. The van der Waals surface area contributed by atoms with E-state index in [9.17, 15) is 4.79 Å². The Bertz CT molecular complexity index is 587. The molecule has 1 heterocycles. The first kappa shape index (κ1) is 13.0. The Labute approximate surface area is 111 Å². The summed E-state index contributed by atoms with van der Waals surface area (Å²) in [5.74, 6) is 0.0711. The fourth-order valence-corrected chi connectivity index (χ4v) is 2.69. The predicted molar refractivity (Wildman–Crippen MR) is 76.3 cm³/mol. The van der Waals surface area contributed by atoms with E-state index in [-0.39, 0.29) is 0 Å². The molecular formula is C14H17NO2S. The van der Waals surface area contributed by atoms with Gasteiger partial charge in [-0.25, -0.2) is 4.79 Å². The van der Waals surface area contributed by atoms with E-state index in [1.807, 2.05) is 24.9 Å². The second-order valence-corrected chi connectivity index (χ2v) is 6.20. The second-order valence-electron chi connectivity index (χ2n) is 4.63. The molecule has 2 rings (SSSR count). The zero-order valence-corrected chi connectivity index (χ0v) is 11.6. The molecule has 0 aliphatic rings. The van der Waals surface area contributed by atoms with Crippen LogP contribution in [0.5, 0.6) is 0 Å². The molecular weight excluding hydrogens is 246 g/mol. The maximum Gasteiger partial charge on any atom is 0.335 e. The number of carbonyl (C=O) groups is 1. The third kappa shape index (κ3) is 2.53. The number of rotatable bonds is 4. The van der Waals surface area contributed by atoms with Crippen LogP contribution in [-0.2, 0) is 12.8 Å². The van der Waals surface area contributed by atoms with E-state index in [1.165, 1.54) is 5.69 Å². The summed E-state index contributed by atoms with van der Waals surface area (Å²) in [7, 11) is 1.99. The second kappa shape index (κ2) is 5.06. The molecule has 0 aliphatic heterocycles. The summed E-state index contributed by atoms with van der Waals surface area (Å²) in [6.07, 6.45) is 0. The summed E-state index contributed by atoms with van der Waals surface area (Å²) in [4.78, 5) is 11.0. The number of aromatic carboxylic acids is 1. The lowest BCUT2D eigenvalue weighted by molar-refractivity contribution is 0.0697. The summed E-state index contributed by atoms with van der Waals surface area (Å²) in [5, 5.41) is 10.7. The van der Waals surface area contributed by atoms with Crippen molar-refractivity contribution in [3.8, 4) is 0 Å². The number of hydrogen-bond donors (Lipinski definition) is 1. The van der Waals surface area contributed by atoms with Gasteiger partial charge in [-0.15, -0.1) is 0 Å². The summed E-state index contributed by atoms with van der Waals surface area (Å²) >= 11 is 1.89. The minimum atomic E-state index is -0.879. The van der Waals surface area contributed by atoms with Gasteiger partial charge in [0, 0.05) is 24.0 Å². The highest BCUT2D eigenvalue weighted by atomic mass is 32.2. The van der Waals surface area contributed by atoms with Crippen LogP contribution >= 0.6 is 11.8 Å². The highest BCUT2D eigenvalue weighted by Gasteiger charge is 2.09. The summed E-state index contributed by atoms with van der Waals surface area (Å²) < 4.78 is 2.08. The number of benzene rings is 1. The first-order valence-electron chi connectivity index (χ1n) is 5.92. The third-order valence-corrected chi connectivity index (χ3v) is 4.09. The Morgan fingerprint density at radius 3 is 2.72 bits per heavy atom. The van der Waals surface area contributed by atoms with E-state index in [4.69, 9.17) is 5.11 Å². The molecule has 0 aliphatic carbocycles. The fourth-order valence-electron chi connectivity index (χ4n) is 1.91. The zero-order valence-electron chi connectivity index (χ0n) is 10.8. The Balaban J connectivity index is 2.40. The van der Waals surface area contributed by atoms with Crippen molar-refractivity contribution >= 4 is 28.6 Å². The van der Waals surface area contributed by atoms with Crippen molar-refractivity contribution in [1.82, 2.24) is 4.57 Å². The van der Waals surface area contributed by atoms with Crippen molar-refractivity contribution in [2.75, 3.05) is 0 Å². The molecule has 0 saturated carbocycles. The molecule has 1 aromatic heterocycles. The zero-order chi connectivity index (χ0) is 13.3. The molecule has 4 heteroatoms. The summed E-state index contributed by atoms with van der Waals surface area (Å²) in [6.45, 7) is 4.35. The van der Waals surface area contributed by atoms with Gasteiger partial charge < -0.3 is 9.67 Å². The number of carboxylic acids is 1. The van der Waals surface area contributed by atoms with E-state index in [0.717, 1.165) is 16.7 Å². The lowest BCUT2D eigenvalue weighted by Crippen LogP contribution is -1.98. The van der Waals surface area contributed by atoms with Crippen molar-refractivity contribution in [2.45, 2.75) is 24.9 Å². The van der Waals surface area contributed by atoms with Gasteiger partial charge >= 0.3 is 5.97 Å². The molecule has 0 unspecified atom stereocenters. The maximum atomic E-state index is 11.0. The number of aryl methyl sites for hydroxylation is 1. The van der Waals surface area contributed by atoms with E-state index >= 15 is 0 Å². The van der Waals surface area contributed by atoms with Gasteiger partial charge in [0.1, 0.15) is 0 Å². The van der Waals surface area contributed by atoms with Gasteiger partial charge in [-0.3, -0.25) is 0 Å². The highest BCUT2D eigenvalue weighted by Crippen LogP contribution is 2.24. The van der Waals surface area contributed by atoms with Crippen LogP contribution < -0.4 is 0 Å². The number of hydrogen-bond acceptors (Lipinski definition) is 2. The first-order chi connectivity index (χ1) is 8.49. The maximum absolute atomic E-state index is 11.0. The fraction of sp³-hybridized carbons (Fsp3) is 0.357. The predicted octanol–water partition coefficient (Wildman–Crippen LogP) is 3.52. The van der Waals surface area contributed by atoms with Crippen molar-refractivity contribution in [2.24, 2.45) is 7.05 Å². The molecule has 0 radical (unpaired) electrons. The molecule has 0 bridgehead atoms. The molecule has 0 atom stereocenters. The number of aromatic nitrogens is 1. The van der Waals surface area contributed by atoms with E-state index in [0.29, 0.717) is 10.8 Å². The van der Waals surface area contributed by atoms with Gasteiger partial charge in [-0.2, -0.15) is 11.8 Å². The molecule has 0 fully saturated rings. The van der Waals surface area contributed by atoms with Crippen molar-refractivity contribution in [3.63, 3.8) is 0 Å². The number of fused-ring (bicyclic) bond motifs is 1.